The third kappa shape index (κ3) is 2.33. The van der Waals surface area contributed by atoms with E-state index in [2.05, 4.69) is 17.3 Å². The van der Waals surface area contributed by atoms with E-state index in [9.17, 15) is 9.90 Å². The standard InChI is InChI=1S/C13H24N2O2/c1-14-13(12(16)17)8-7-11(9-13)15(2)10-5-3-4-6-10/h10-11,14H,3-9H2,1-2H3,(H,16,17). The van der Waals surface area contributed by atoms with Gasteiger partial charge in [-0.05, 0) is 46.2 Å². The van der Waals surface area contributed by atoms with Crippen molar-refractivity contribution in [3.8, 4) is 0 Å². The number of rotatable bonds is 4. The molecule has 98 valence electrons. The third-order valence-electron chi connectivity index (χ3n) is 4.85. The zero-order chi connectivity index (χ0) is 12.5. The SMILES string of the molecule is CNC1(C(=O)O)CCC(N(C)C2CCCC2)C1. The summed E-state index contributed by atoms with van der Waals surface area (Å²) in [5.41, 5.74) is -0.683. The van der Waals surface area contributed by atoms with Crippen molar-refractivity contribution in [2.24, 2.45) is 0 Å². The summed E-state index contributed by atoms with van der Waals surface area (Å²) in [6.45, 7) is 0. The fraction of sp³-hybridized carbons (Fsp3) is 0.923. The molecule has 2 saturated carbocycles. The number of nitrogens with zero attached hydrogens (tertiary/aromatic N) is 1. The number of likely N-dealkylation sites (N-methyl/N-ethyl adjacent to an activating group) is 1. The Morgan fingerprint density at radius 2 is 1.94 bits per heavy atom. The highest BCUT2D eigenvalue weighted by molar-refractivity contribution is 5.79. The van der Waals surface area contributed by atoms with Crippen LogP contribution in [0.3, 0.4) is 0 Å². The average molecular weight is 240 g/mol. The van der Waals surface area contributed by atoms with E-state index in [-0.39, 0.29) is 0 Å². The maximum absolute atomic E-state index is 11.4. The van der Waals surface area contributed by atoms with Crippen LogP contribution in [0.1, 0.15) is 44.9 Å². The number of aliphatic carboxylic acids is 1. The molecule has 0 heterocycles. The molecule has 0 aliphatic heterocycles. The lowest BCUT2D eigenvalue weighted by atomic mass is 9.97. The van der Waals surface area contributed by atoms with Crippen LogP contribution in [0.5, 0.6) is 0 Å². The van der Waals surface area contributed by atoms with E-state index in [4.69, 9.17) is 0 Å². The van der Waals surface area contributed by atoms with Crippen molar-refractivity contribution in [2.75, 3.05) is 14.1 Å². The molecule has 0 bridgehead atoms. The van der Waals surface area contributed by atoms with E-state index < -0.39 is 11.5 Å². The number of carboxylic acids is 1. The summed E-state index contributed by atoms with van der Waals surface area (Å²) in [7, 11) is 3.94. The van der Waals surface area contributed by atoms with Gasteiger partial charge in [0.25, 0.3) is 0 Å². The quantitative estimate of drug-likeness (QED) is 0.781. The van der Waals surface area contributed by atoms with Gasteiger partial charge >= 0.3 is 5.97 Å². The topological polar surface area (TPSA) is 52.6 Å². The minimum absolute atomic E-state index is 0.432. The van der Waals surface area contributed by atoms with Gasteiger partial charge in [0.15, 0.2) is 0 Å². The van der Waals surface area contributed by atoms with Gasteiger partial charge in [0.2, 0.25) is 0 Å². The zero-order valence-electron chi connectivity index (χ0n) is 10.9. The van der Waals surface area contributed by atoms with Crippen LogP contribution in [0, 0.1) is 0 Å². The highest BCUT2D eigenvalue weighted by atomic mass is 16.4. The summed E-state index contributed by atoms with van der Waals surface area (Å²) in [4.78, 5) is 13.8. The van der Waals surface area contributed by atoms with Crippen molar-refractivity contribution in [3.63, 3.8) is 0 Å². The van der Waals surface area contributed by atoms with Crippen LogP contribution in [0.25, 0.3) is 0 Å². The molecule has 0 aromatic carbocycles. The van der Waals surface area contributed by atoms with Crippen molar-refractivity contribution in [3.05, 3.63) is 0 Å². The Labute approximate surface area is 103 Å². The van der Waals surface area contributed by atoms with Crippen molar-refractivity contribution in [2.45, 2.75) is 62.6 Å². The monoisotopic (exact) mass is 240 g/mol. The van der Waals surface area contributed by atoms with Crippen molar-refractivity contribution >= 4 is 5.97 Å². The smallest absolute Gasteiger partial charge is 0.323 e. The van der Waals surface area contributed by atoms with E-state index in [1.54, 1.807) is 7.05 Å². The van der Waals surface area contributed by atoms with E-state index in [1.807, 2.05) is 0 Å². The van der Waals surface area contributed by atoms with Gasteiger partial charge < -0.3 is 15.3 Å². The normalized spacial score (nSPS) is 34.6. The molecule has 2 aliphatic rings. The van der Waals surface area contributed by atoms with E-state index in [1.165, 1.54) is 25.7 Å². The molecule has 2 aliphatic carbocycles. The molecule has 4 heteroatoms. The van der Waals surface area contributed by atoms with Crippen LogP contribution in [0.2, 0.25) is 0 Å². The fourth-order valence-corrected chi connectivity index (χ4v) is 3.50. The maximum Gasteiger partial charge on any atom is 0.323 e. The Hall–Kier alpha value is -0.610. The zero-order valence-corrected chi connectivity index (χ0v) is 10.9. The van der Waals surface area contributed by atoms with Crippen LogP contribution in [0.15, 0.2) is 0 Å². The molecule has 2 unspecified atom stereocenters. The van der Waals surface area contributed by atoms with Gasteiger partial charge in [-0.2, -0.15) is 0 Å². The van der Waals surface area contributed by atoms with E-state index in [0.717, 1.165) is 19.3 Å². The molecule has 0 amide bonds. The number of nitrogens with one attached hydrogen (secondary N) is 1. The molecule has 2 N–H and O–H groups in total. The first-order valence-electron chi connectivity index (χ1n) is 6.73. The predicted octanol–water partition coefficient (Wildman–Crippen LogP) is 1.46. The molecule has 2 fully saturated rings. The first-order chi connectivity index (χ1) is 8.09. The van der Waals surface area contributed by atoms with Crippen molar-refractivity contribution in [1.29, 1.82) is 0 Å². The Balaban J connectivity index is 1.98. The minimum atomic E-state index is -0.692. The van der Waals surface area contributed by atoms with Crippen LogP contribution in [-0.4, -0.2) is 47.7 Å². The fourth-order valence-electron chi connectivity index (χ4n) is 3.50. The highest BCUT2D eigenvalue weighted by Gasteiger charge is 2.46. The maximum atomic E-state index is 11.4. The number of carboxylic acid groups (broad SMARTS) is 1. The van der Waals surface area contributed by atoms with Crippen LogP contribution < -0.4 is 5.32 Å². The number of hydrogen-bond donors (Lipinski definition) is 2. The molecule has 0 spiro atoms. The second-order valence-corrected chi connectivity index (χ2v) is 5.64. The molecule has 17 heavy (non-hydrogen) atoms. The first-order valence-corrected chi connectivity index (χ1v) is 6.73. The number of carbonyl (C=O) groups is 1. The number of hydrogen-bond acceptors (Lipinski definition) is 3. The van der Waals surface area contributed by atoms with Gasteiger partial charge in [0, 0.05) is 12.1 Å². The van der Waals surface area contributed by atoms with Gasteiger partial charge in [-0.1, -0.05) is 12.8 Å². The van der Waals surface area contributed by atoms with Gasteiger partial charge in [-0.15, -0.1) is 0 Å². The van der Waals surface area contributed by atoms with Gasteiger partial charge in [-0.25, -0.2) is 0 Å². The van der Waals surface area contributed by atoms with Gasteiger partial charge in [-0.3, -0.25) is 4.79 Å². The molecule has 2 atom stereocenters. The Morgan fingerprint density at radius 1 is 1.29 bits per heavy atom. The summed E-state index contributed by atoms with van der Waals surface area (Å²) in [5.74, 6) is -0.692. The second kappa shape index (κ2) is 4.94. The van der Waals surface area contributed by atoms with Crippen molar-refractivity contribution in [1.82, 2.24) is 10.2 Å². The van der Waals surface area contributed by atoms with E-state index >= 15 is 0 Å². The lowest BCUT2D eigenvalue weighted by Gasteiger charge is -2.32. The molecular formula is C13H24N2O2. The Morgan fingerprint density at radius 3 is 2.41 bits per heavy atom. The van der Waals surface area contributed by atoms with Crippen LogP contribution >= 0.6 is 0 Å². The van der Waals surface area contributed by atoms with Gasteiger partial charge in [0.05, 0.1) is 0 Å². The summed E-state index contributed by atoms with van der Waals surface area (Å²) >= 11 is 0. The largest absolute Gasteiger partial charge is 0.480 e. The van der Waals surface area contributed by atoms with E-state index in [0.29, 0.717) is 12.1 Å². The minimum Gasteiger partial charge on any atom is -0.480 e. The lowest BCUT2D eigenvalue weighted by Crippen LogP contribution is -2.50. The summed E-state index contributed by atoms with van der Waals surface area (Å²) < 4.78 is 0. The molecule has 0 aromatic rings. The third-order valence-corrected chi connectivity index (χ3v) is 4.85. The lowest BCUT2D eigenvalue weighted by molar-refractivity contribution is -0.144. The van der Waals surface area contributed by atoms with Gasteiger partial charge in [0.1, 0.15) is 5.54 Å². The first kappa shape index (κ1) is 12.8. The van der Waals surface area contributed by atoms with Crippen LogP contribution in [0.4, 0.5) is 0 Å². The molecular weight excluding hydrogens is 216 g/mol. The molecule has 0 saturated heterocycles. The van der Waals surface area contributed by atoms with Crippen molar-refractivity contribution < 1.29 is 9.90 Å². The predicted molar refractivity (Wildman–Crippen MR) is 67.1 cm³/mol. The molecule has 0 aromatic heterocycles. The highest BCUT2D eigenvalue weighted by Crippen LogP contribution is 2.35. The molecule has 0 radical (unpaired) electrons. The second-order valence-electron chi connectivity index (χ2n) is 5.64. The molecule has 2 rings (SSSR count). The Bertz CT molecular complexity index is 289. The summed E-state index contributed by atoms with van der Waals surface area (Å²) in [5, 5.41) is 12.4. The Kier molecular flexibility index (Phi) is 3.73. The molecule has 4 nitrogen and oxygen atoms in total. The van der Waals surface area contributed by atoms with Crippen LogP contribution in [-0.2, 0) is 4.79 Å². The summed E-state index contributed by atoms with van der Waals surface area (Å²) in [6, 6.07) is 1.11. The summed E-state index contributed by atoms with van der Waals surface area (Å²) in [6.07, 6.45) is 7.72. The average Bonchev–Trinajstić information content (AvgIpc) is 2.98.